The van der Waals surface area contributed by atoms with Crippen molar-refractivity contribution in [2.75, 3.05) is 27.2 Å². The molecule has 7 heteroatoms. The summed E-state index contributed by atoms with van der Waals surface area (Å²) in [6.45, 7) is 3.89. The van der Waals surface area contributed by atoms with Gasteiger partial charge in [0.2, 0.25) is 0 Å². The topological polar surface area (TPSA) is 82.3 Å². The van der Waals surface area contributed by atoms with Crippen LogP contribution in [0.4, 0.5) is 11.4 Å². The number of likely N-dealkylation sites (N-methyl/N-ethyl adjacent to an activating group) is 2. The van der Waals surface area contributed by atoms with Crippen molar-refractivity contribution in [3.8, 4) is 0 Å². The Morgan fingerprint density at radius 2 is 0.939 bits per heavy atom. The van der Waals surface area contributed by atoms with Gasteiger partial charge in [-0.1, -0.05) is 84.9 Å². The van der Waals surface area contributed by atoms with E-state index in [0.717, 1.165) is 37.6 Å². The van der Waals surface area contributed by atoms with E-state index >= 15 is 0 Å². The van der Waals surface area contributed by atoms with Crippen LogP contribution in [0.3, 0.4) is 0 Å². The fourth-order valence-electron chi connectivity index (χ4n) is 2.79. The maximum atomic E-state index is 7.00. The Morgan fingerprint density at radius 1 is 0.576 bits per heavy atom. The van der Waals surface area contributed by atoms with Crippen molar-refractivity contribution >= 4 is 11.4 Å². The molecule has 0 amide bonds. The molecular weight excluding hydrogens is 488 g/mol. The summed E-state index contributed by atoms with van der Waals surface area (Å²) in [6, 6.07) is 26.3. The molecule has 170 valence electrons. The van der Waals surface area contributed by atoms with Crippen LogP contribution >= 0.6 is 0 Å². The normalized spacial score (nSPS) is 9.94. The van der Waals surface area contributed by atoms with Gasteiger partial charge < -0.3 is 31.2 Å². The van der Waals surface area contributed by atoms with Gasteiger partial charge in [-0.25, -0.2) is 0 Å². The standard InChI is InChI=1S/C14H20N4.2C6H6N.Zr/c1-17(11-13-5-3-7-15-13)9-10-18(2)12-14-6-4-8-16-14;2*7-6-4-2-1-3-5-6;/h3-8H,9-12H2,1-2H3;2*1-5,7H;/q-2;2*-1;+4. The van der Waals surface area contributed by atoms with Crippen molar-refractivity contribution in [1.29, 1.82) is 0 Å². The van der Waals surface area contributed by atoms with E-state index in [2.05, 4.69) is 46.0 Å². The van der Waals surface area contributed by atoms with Gasteiger partial charge in [0.25, 0.3) is 0 Å². The van der Waals surface area contributed by atoms with E-state index in [1.54, 1.807) is 24.3 Å². The van der Waals surface area contributed by atoms with E-state index < -0.39 is 0 Å². The summed E-state index contributed by atoms with van der Waals surface area (Å²) in [5, 5.41) is 0. The molecule has 4 aromatic rings. The zero-order valence-electron chi connectivity index (χ0n) is 19.4. The van der Waals surface area contributed by atoms with Crippen LogP contribution in [0.1, 0.15) is 11.4 Å². The minimum absolute atomic E-state index is 0. The zero-order chi connectivity index (χ0) is 23.0. The quantitative estimate of drug-likeness (QED) is 0.304. The maximum Gasteiger partial charge on any atom is 4.00 e. The van der Waals surface area contributed by atoms with Gasteiger partial charge in [0, 0.05) is 26.2 Å². The molecule has 0 spiro atoms. The van der Waals surface area contributed by atoms with Gasteiger partial charge in [0.15, 0.2) is 0 Å². The van der Waals surface area contributed by atoms with Gasteiger partial charge in [-0.2, -0.15) is 12.4 Å². The van der Waals surface area contributed by atoms with Gasteiger partial charge >= 0.3 is 26.2 Å². The van der Waals surface area contributed by atoms with E-state index in [4.69, 9.17) is 11.5 Å². The maximum absolute atomic E-state index is 7.00. The second kappa shape index (κ2) is 17.0. The second-order valence-electron chi connectivity index (χ2n) is 7.46. The molecule has 4 rings (SSSR count). The van der Waals surface area contributed by atoms with Crippen LogP contribution in [0.25, 0.3) is 11.5 Å². The molecule has 0 radical (unpaired) electrons. The third-order valence-corrected chi connectivity index (χ3v) is 4.50. The Morgan fingerprint density at radius 3 is 1.18 bits per heavy atom. The zero-order valence-corrected chi connectivity index (χ0v) is 21.8. The molecule has 0 saturated carbocycles. The van der Waals surface area contributed by atoms with Crippen LogP contribution in [0.5, 0.6) is 0 Å². The molecule has 33 heavy (non-hydrogen) atoms. The van der Waals surface area contributed by atoms with Gasteiger partial charge in [-0.05, 0) is 14.1 Å². The predicted octanol–water partition coefficient (Wildman–Crippen LogP) is 5.90. The molecule has 0 aliphatic heterocycles. The van der Waals surface area contributed by atoms with Crippen molar-refractivity contribution < 1.29 is 26.2 Å². The minimum Gasteiger partial charge on any atom is -0.699 e. The molecule has 0 aliphatic rings. The number of hydrogen-bond acceptors (Lipinski definition) is 2. The fourth-order valence-corrected chi connectivity index (χ4v) is 2.79. The van der Waals surface area contributed by atoms with E-state index in [0.29, 0.717) is 11.4 Å². The van der Waals surface area contributed by atoms with Crippen molar-refractivity contribution in [2.24, 2.45) is 0 Å². The number of benzene rings is 2. The van der Waals surface area contributed by atoms with Crippen molar-refractivity contribution in [3.05, 3.63) is 120 Å². The van der Waals surface area contributed by atoms with Crippen molar-refractivity contribution in [1.82, 2.24) is 19.8 Å². The summed E-state index contributed by atoms with van der Waals surface area (Å²) in [4.78, 5) is 13.1. The predicted molar refractivity (Wildman–Crippen MR) is 133 cm³/mol. The Hall–Kier alpha value is -2.60. The molecule has 2 heterocycles. The first-order valence-electron chi connectivity index (χ1n) is 10.6. The number of nitrogens with zero attached hydrogens (tertiary/aromatic N) is 4. The van der Waals surface area contributed by atoms with E-state index in [9.17, 15) is 0 Å². The average Bonchev–Trinajstić information content (AvgIpc) is 3.49. The van der Waals surface area contributed by atoms with Crippen LogP contribution in [0, 0.1) is 0 Å². The number of nitrogens with one attached hydrogen (secondary N) is 2. The van der Waals surface area contributed by atoms with Crippen LogP contribution < -0.4 is 9.97 Å². The molecule has 0 unspecified atom stereocenters. The number of rotatable bonds is 7. The Kier molecular flexibility index (Phi) is 14.6. The first kappa shape index (κ1) is 28.4. The largest absolute Gasteiger partial charge is 4.00 e. The Labute approximate surface area is 217 Å². The number of hydrogen-bond donors (Lipinski definition) is 0. The minimum atomic E-state index is 0. The second-order valence-corrected chi connectivity index (χ2v) is 7.46. The fraction of sp³-hybridized carbons (Fsp3) is 0.231. The molecule has 0 aliphatic carbocycles. The molecule has 0 fully saturated rings. The molecule has 2 aromatic carbocycles. The van der Waals surface area contributed by atoms with Gasteiger partial charge in [-0.3, -0.25) is 0 Å². The third-order valence-electron chi connectivity index (χ3n) is 4.50. The number of aromatic nitrogens is 2. The summed E-state index contributed by atoms with van der Waals surface area (Å²) in [7, 11) is 4.26. The molecule has 2 N–H and O–H groups in total. The SMILES string of the molecule is CN(CCN(C)Cc1ccc[n-]1)Cc1ccc[n-]1.[NH-]c1ccccc1.[NH-]c1ccccc1.[Zr+4]. The molecule has 6 nitrogen and oxygen atoms in total. The molecule has 0 saturated heterocycles. The van der Waals surface area contributed by atoms with Crippen molar-refractivity contribution in [2.45, 2.75) is 13.1 Å². The molecule has 2 aromatic heterocycles. The van der Waals surface area contributed by atoms with Gasteiger partial charge in [-0.15, -0.1) is 22.8 Å². The summed E-state index contributed by atoms with van der Waals surface area (Å²) in [6.07, 6.45) is 3.69. The van der Waals surface area contributed by atoms with Crippen molar-refractivity contribution in [3.63, 3.8) is 0 Å². The van der Waals surface area contributed by atoms with Crippen LogP contribution in [0.15, 0.2) is 97.3 Å². The van der Waals surface area contributed by atoms with E-state index in [-0.39, 0.29) is 26.2 Å². The van der Waals surface area contributed by atoms with Gasteiger partial charge in [0.1, 0.15) is 0 Å². The van der Waals surface area contributed by atoms with Crippen LogP contribution in [-0.2, 0) is 39.3 Å². The molecule has 0 bridgehead atoms. The Bertz CT molecular complexity index is 848. The summed E-state index contributed by atoms with van der Waals surface area (Å²) in [5.41, 5.74) is 17.4. The molecule has 0 atom stereocenters. The third kappa shape index (κ3) is 13.5. The Balaban J connectivity index is 0.000000298. The first-order valence-corrected chi connectivity index (χ1v) is 10.6. The first-order chi connectivity index (χ1) is 15.5. The van der Waals surface area contributed by atoms with Crippen LogP contribution in [0.2, 0.25) is 0 Å². The van der Waals surface area contributed by atoms with Gasteiger partial charge in [0.05, 0.1) is 0 Å². The monoisotopic (exact) mass is 518 g/mol. The average molecular weight is 520 g/mol. The van der Waals surface area contributed by atoms with E-state index in [1.807, 2.05) is 60.9 Å². The summed E-state index contributed by atoms with van der Waals surface area (Å²) in [5.74, 6) is 0. The summed E-state index contributed by atoms with van der Waals surface area (Å²) >= 11 is 0. The summed E-state index contributed by atoms with van der Waals surface area (Å²) < 4.78 is 0. The smallest absolute Gasteiger partial charge is 0.699 e. The molecular formula is C26H32N6Zr. The van der Waals surface area contributed by atoms with E-state index in [1.165, 1.54) is 0 Å². The van der Waals surface area contributed by atoms with Crippen LogP contribution in [-0.4, -0.2) is 37.0 Å².